The van der Waals surface area contributed by atoms with Crippen LogP contribution in [0.2, 0.25) is 0 Å². The molecule has 0 aliphatic carbocycles. The van der Waals surface area contributed by atoms with Crippen molar-refractivity contribution in [3.8, 4) is 0 Å². The SMILES string of the molecule is CC(C)c1nc2cc(NC(=O)C3CCCN3Cc3ccccn3)ccc2o1. The topological polar surface area (TPSA) is 71.3 Å². The van der Waals surface area contributed by atoms with E-state index in [9.17, 15) is 4.79 Å². The number of anilines is 1. The first-order valence-corrected chi connectivity index (χ1v) is 9.45. The fraction of sp³-hybridized carbons (Fsp3) is 0.381. The molecule has 0 radical (unpaired) electrons. The van der Waals surface area contributed by atoms with Crippen molar-refractivity contribution in [3.63, 3.8) is 0 Å². The summed E-state index contributed by atoms with van der Waals surface area (Å²) in [7, 11) is 0. The summed E-state index contributed by atoms with van der Waals surface area (Å²) in [5, 5.41) is 3.05. The first-order chi connectivity index (χ1) is 13.1. The van der Waals surface area contributed by atoms with Crippen LogP contribution in [0.15, 0.2) is 47.0 Å². The molecule has 27 heavy (non-hydrogen) atoms. The third-order valence-electron chi connectivity index (χ3n) is 4.92. The second kappa shape index (κ2) is 7.48. The van der Waals surface area contributed by atoms with Gasteiger partial charge < -0.3 is 9.73 Å². The van der Waals surface area contributed by atoms with Crippen LogP contribution >= 0.6 is 0 Å². The van der Waals surface area contributed by atoms with Crippen LogP contribution in [0.5, 0.6) is 0 Å². The molecule has 6 nitrogen and oxygen atoms in total. The largest absolute Gasteiger partial charge is 0.440 e. The van der Waals surface area contributed by atoms with Crippen molar-refractivity contribution >= 4 is 22.7 Å². The fourth-order valence-corrected chi connectivity index (χ4v) is 3.51. The molecule has 6 heteroatoms. The van der Waals surface area contributed by atoms with Crippen LogP contribution in [0.25, 0.3) is 11.1 Å². The molecule has 4 rings (SSSR count). The van der Waals surface area contributed by atoms with Crippen LogP contribution in [-0.2, 0) is 11.3 Å². The molecule has 1 N–H and O–H groups in total. The quantitative estimate of drug-likeness (QED) is 0.742. The smallest absolute Gasteiger partial charge is 0.241 e. The maximum Gasteiger partial charge on any atom is 0.241 e. The highest BCUT2D eigenvalue weighted by Gasteiger charge is 2.31. The number of oxazole rings is 1. The number of nitrogens with zero attached hydrogens (tertiary/aromatic N) is 3. The van der Waals surface area contributed by atoms with Gasteiger partial charge in [-0.05, 0) is 49.7 Å². The van der Waals surface area contributed by atoms with E-state index < -0.39 is 0 Å². The van der Waals surface area contributed by atoms with Gasteiger partial charge in [0.05, 0.1) is 11.7 Å². The number of rotatable bonds is 5. The van der Waals surface area contributed by atoms with Crippen LogP contribution in [0.3, 0.4) is 0 Å². The van der Waals surface area contributed by atoms with E-state index in [1.165, 1.54) is 0 Å². The minimum atomic E-state index is -0.133. The lowest BCUT2D eigenvalue weighted by Gasteiger charge is -2.23. The molecule has 1 amide bonds. The summed E-state index contributed by atoms with van der Waals surface area (Å²) in [4.78, 5) is 23.9. The van der Waals surface area contributed by atoms with E-state index >= 15 is 0 Å². The monoisotopic (exact) mass is 364 g/mol. The Morgan fingerprint density at radius 1 is 1.33 bits per heavy atom. The Bertz CT molecular complexity index is 936. The Labute approximate surface area is 158 Å². The molecule has 1 atom stereocenters. The van der Waals surface area contributed by atoms with E-state index in [0.29, 0.717) is 12.4 Å². The second-order valence-corrected chi connectivity index (χ2v) is 7.33. The minimum absolute atomic E-state index is 0.0235. The molecule has 140 valence electrons. The Kier molecular flexibility index (Phi) is 4.90. The van der Waals surface area contributed by atoms with Crippen LogP contribution in [0.4, 0.5) is 5.69 Å². The van der Waals surface area contributed by atoms with Crippen molar-refractivity contribution in [2.45, 2.75) is 45.2 Å². The standard InChI is InChI=1S/C21H24N4O2/c1-14(2)21-24-17-12-15(8-9-19(17)27-21)23-20(26)18-7-5-11-25(18)13-16-6-3-4-10-22-16/h3-4,6,8-10,12,14,18H,5,7,11,13H2,1-2H3,(H,23,26). The lowest BCUT2D eigenvalue weighted by atomic mass is 10.2. The van der Waals surface area contributed by atoms with Gasteiger partial charge in [-0.15, -0.1) is 0 Å². The van der Waals surface area contributed by atoms with Crippen LogP contribution in [-0.4, -0.2) is 33.4 Å². The Morgan fingerprint density at radius 2 is 2.22 bits per heavy atom. The first kappa shape index (κ1) is 17.7. The van der Waals surface area contributed by atoms with Gasteiger partial charge >= 0.3 is 0 Å². The molecule has 1 aliphatic heterocycles. The van der Waals surface area contributed by atoms with Gasteiger partial charge in [-0.1, -0.05) is 19.9 Å². The lowest BCUT2D eigenvalue weighted by Crippen LogP contribution is -2.39. The maximum absolute atomic E-state index is 12.8. The summed E-state index contributed by atoms with van der Waals surface area (Å²) in [6.07, 6.45) is 3.67. The zero-order valence-electron chi connectivity index (χ0n) is 15.7. The number of pyridine rings is 1. The predicted octanol–water partition coefficient (Wildman–Crippen LogP) is 3.95. The van der Waals surface area contributed by atoms with Crippen molar-refractivity contribution in [3.05, 3.63) is 54.2 Å². The molecule has 1 saturated heterocycles. The predicted molar refractivity (Wildman–Crippen MR) is 104 cm³/mol. The van der Waals surface area contributed by atoms with E-state index in [1.54, 1.807) is 6.20 Å². The van der Waals surface area contributed by atoms with Crippen LogP contribution < -0.4 is 5.32 Å². The molecule has 2 aromatic heterocycles. The number of hydrogen-bond donors (Lipinski definition) is 1. The molecular formula is C21H24N4O2. The molecule has 0 spiro atoms. The van der Waals surface area contributed by atoms with Crippen molar-refractivity contribution in [1.82, 2.24) is 14.9 Å². The molecule has 3 aromatic rings. The molecule has 0 bridgehead atoms. The van der Waals surface area contributed by atoms with Gasteiger partial charge in [-0.25, -0.2) is 4.98 Å². The highest BCUT2D eigenvalue weighted by molar-refractivity contribution is 5.96. The summed E-state index contributed by atoms with van der Waals surface area (Å²) in [5.41, 5.74) is 3.26. The number of aromatic nitrogens is 2. The molecular weight excluding hydrogens is 340 g/mol. The zero-order valence-corrected chi connectivity index (χ0v) is 15.7. The zero-order chi connectivity index (χ0) is 18.8. The number of amides is 1. The number of carbonyl (C=O) groups excluding carboxylic acids is 1. The molecule has 1 unspecified atom stereocenters. The van der Waals surface area contributed by atoms with Gasteiger partial charge in [0.15, 0.2) is 11.5 Å². The summed E-state index contributed by atoms with van der Waals surface area (Å²) >= 11 is 0. The number of nitrogens with one attached hydrogen (secondary N) is 1. The van der Waals surface area contributed by atoms with E-state index in [4.69, 9.17) is 4.42 Å². The number of fused-ring (bicyclic) bond motifs is 1. The molecule has 1 aromatic carbocycles. The van der Waals surface area contributed by atoms with E-state index in [1.807, 2.05) is 50.2 Å². The third-order valence-corrected chi connectivity index (χ3v) is 4.92. The highest BCUT2D eigenvalue weighted by Crippen LogP contribution is 2.25. The van der Waals surface area contributed by atoms with Crippen molar-refractivity contribution in [1.29, 1.82) is 0 Å². The van der Waals surface area contributed by atoms with Crippen LogP contribution in [0.1, 0.15) is 44.2 Å². The van der Waals surface area contributed by atoms with Gasteiger partial charge in [0.1, 0.15) is 5.52 Å². The fourth-order valence-electron chi connectivity index (χ4n) is 3.51. The number of hydrogen-bond acceptors (Lipinski definition) is 5. The average molecular weight is 364 g/mol. The minimum Gasteiger partial charge on any atom is -0.440 e. The molecule has 3 heterocycles. The number of likely N-dealkylation sites (tertiary alicyclic amines) is 1. The van der Waals surface area contributed by atoms with Gasteiger partial charge in [0.2, 0.25) is 5.91 Å². The summed E-state index contributed by atoms with van der Waals surface area (Å²) in [6.45, 7) is 5.70. The Hall–Kier alpha value is -2.73. The average Bonchev–Trinajstić information content (AvgIpc) is 3.29. The van der Waals surface area contributed by atoms with E-state index in [0.717, 1.165) is 41.9 Å². The van der Waals surface area contributed by atoms with Gasteiger partial charge in [-0.3, -0.25) is 14.7 Å². The normalized spacial score (nSPS) is 17.7. The van der Waals surface area contributed by atoms with Crippen LogP contribution in [0, 0.1) is 0 Å². The summed E-state index contributed by atoms with van der Waals surface area (Å²) in [6, 6.07) is 11.4. The summed E-state index contributed by atoms with van der Waals surface area (Å²) < 4.78 is 5.73. The van der Waals surface area contributed by atoms with Gasteiger partial charge in [-0.2, -0.15) is 0 Å². The number of carbonyl (C=O) groups is 1. The number of benzene rings is 1. The lowest BCUT2D eigenvalue weighted by molar-refractivity contribution is -0.120. The molecule has 1 aliphatic rings. The highest BCUT2D eigenvalue weighted by atomic mass is 16.3. The van der Waals surface area contributed by atoms with Crippen molar-refractivity contribution in [2.75, 3.05) is 11.9 Å². The Balaban J connectivity index is 1.47. The van der Waals surface area contributed by atoms with Gasteiger partial charge in [0.25, 0.3) is 0 Å². The van der Waals surface area contributed by atoms with Gasteiger partial charge in [0, 0.05) is 24.3 Å². The van der Waals surface area contributed by atoms with Crippen molar-refractivity contribution < 1.29 is 9.21 Å². The van der Waals surface area contributed by atoms with E-state index in [-0.39, 0.29) is 17.9 Å². The summed E-state index contributed by atoms with van der Waals surface area (Å²) in [5.74, 6) is 0.968. The maximum atomic E-state index is 12.8. The molecule has 0 saturated carbocycles. The van der Waals surface area contributed by atoms with E-state index in [2.05, 4.69) is 20.2 Å². The second-order valence-electron chi connectivity index (χ2n) is 7.33. The first-order valence-electron chi connectivity index (χ1n) is 9.45. The molecule has 1 fully saturated rings. The van der Waals surface area contributed by atoms with Crippen molar-refractivity contribution in [2.24, 2.45) is 0 Å². The Morgan fingerprint density at radius 3 is 3.00 bits per heavy atom. The third kappa shape index (κ3) is 3.85.